The van der Waals surface area contributed by atoms with Gasteiger partial charge in [-0.25, -0.2) is 4.79 Å². The number of ether oxygens (including phenoxy) is 2. The summed E-state index contributed by atoms with van der Waals surface area (Å²) in [6.07, 6.45) is 1.76. The minimum absolute atomic E-state index is 0.106. The van der Waals surface area contributed by atoms with E-state index in [0.29, 0.717) is 37.4 Å². The molecule has 1 amide bonds. The summed E-state index contributed by atoms with van der Waals surface area (Å²) in [5.41, 5.74) is 0.649. The molecule has 0 spiro atoms. The largest absolute Gasteiger partial charge is 0.496 e. The molecule has 2 heterocycles. The summed E-state index contributed by atoms with van der Waals surface area (Å²) in [5.74, 6) is 1.88. The van der Waals surface area contributed by atoms with Gasteiger partial charge in [0.25, 0.3) is 0 Å². The van der Waals surface area contributed by atoms with Gasteiger partial charge in [-0.2, -0.15) is 0 Å². The van der Waals surface area contributed by atoms with E-state index in [1.807, 2.05) is 23.1 Å². The third-order valence-electron chi connectivity index (χ3n) is 4.51. The van der Waals surface area contributed by atoms with E-state index in [4.69, 9.17) is 13.9 Å². The number of benzene rings is 1. The minimum Gasteiger partial charge on any atom is -0.496 e. The van der Waals surface area contributed by atoms with Crippen molar-refractivity contribution in [3.63, 3.8) is 0 Å². The van der Waals surface area contributed by atoms with E-state index in [1.165, 1.54) is 6.07 Å². The topological polar surface area (TPSA) is 69.0 Å². The van der Waals surface area contributed by atoms with Crippen molar-refractivity contribution in [3.05, 3.63) is 56.5 Å². The first-order valence-electron chi connectivity index (χ1n) is 8.83. The number of hydrogen-bond donors (Lipinski definition) is 0. The highest BCUT2D eigenvalue weighted by atomic mass is 79.9. The van der Waals surface area contributed by atoms with Crippen molar-refractivity contribution >= 4 is 21.8 Å². The molecule has 1 aromatic carbocycles. The van der Waals surface area contributed by atoms with Gasteiger partial charge in [0.15, 0.2) is 0 Å². The van der Waals surface area contributed by atoms with Crippen LogP contribution in [0.1, 0.15) is 24.2 Å². The standard InChI is InChI=1S/C20H22BrNO5/c1-13-9-16(11-20(24)26-13)27-15-7-8-22(12-15)19(23)6-4-14-3-5-18(25-2)17(21)10-14/h3,5,9-11,15H,4,6-8,12H2,1-2H3. The monoisotopic (exact) mass is 435 g/mol. The second kappa shape index (κ2) is 8.61. The Hall–Kier alpha value is -2.28. The number of methoxy groups -OCH3 is 1. The van der Waals surface area contributed by atoms with Gasteiger partial charge in [-0.15, -0.1) is 0 Å². The normalized spacial score (nSPS) is 16.4. The van der Waals surface area contributed by atoms with Gasteiger partial charge in [-0.05, 0) is 47.0 Å². The lowest BCUT2D eigenvalue weighted by molar-refractivity contribution is -0.130. The van der Waals surface area contributed by atoms with Crippen molar-refractivity contribution in [2.24, 2.45) is 0 Å². The molecule has 1 aliphatic heterocycles. The Morgan fingerprint density at radius 3 is 2.85 bits per heavy atom. The fraction of sp³-hybridized carbons (Fsp3) is 0.400. The van der Waals surface area contributed by atoms with Gasteiger partial charge in [-0.3, -0.25) is 4.79 Å². The molecule has 0 aliphatic carbocycles. The number of amides is 1. The van der Waals surface area contributed by atoms with Gasteiger partial charge in [0.05, 0.1) is 24.2 Å². The van der Waals surface area contributed by atoms with Crippen LogP contribution < -0.4 is 15.1 Å². The zero-order valence-corrected chi connectivity index (χ0v) is 17.0. The Bertz CT molecular complexity index is 879. The van der Waals surface area contributed by atoms with Crippen LogP contribution in [-0.2, 0) is 11.2 Å². The fourth-order valence-electron chi connectivity index (χ4n) is 3.16. The van der Waals surface area contributed by atoms with E-state index in [9.17, 15) is 9.59 Å². The summed E-state index contributed by atoms with van der Waals surface area (Å²) >= 11 is 3.46. The molecule has 1 unspecified atom stereocenters. The average Bonchev–Trinajstić information content (AvgIpc) is 3.07. The van der Waals surface area contributed by atoms with Crippen LogP contribution in [0.3, 0.4) is 0 Å². The third kappa shape index (κ3) is 5.13. The molecule has 27 heavy (non-hydrogen) atoms. The number of aryl methyl sites for hydroxylation is 2. The summed E-state index contributed by atoms with van der Waals surface area (Å²) in [7, 11) is 1.62. The van der Waals surface area contributed by atoms with Crippen molar-refractivity contribution in [1.29, 1.82) is 0 Å². The van der Waals surface area contributed by atoms with Crippen LogP contribution >= 0.6 is 15.9 Å². The van der Waals surface area contributed by atoms with E-state index < -0.39 is 5.63 Å². The molecule has 1 saturated heterocycles. The maximum absolute atomic E-state index is 12.5. The predicted octanol–water partition coefficient (Wildman–Crippen LogP) is 3.33. The minimum atomic E-state index is -0.429. The highest BCUT2D eigenvalue weighted by Crippen LogP contribution is 2.26. The van der Waals surface area contributed by atoms with Crippen LogP contribution in [0.15, 0.2) is 44.0 Å². The van der Waals surface area contributed by atoms with Crippen LogP contribution in [0.2, 0.25) is 0 Å². The number of carbonyl (C=O) groups excluding carboxylic acids is 1. The van der Waals surface area contributed by atoms with Crippen molar-refractivity contribution in [2.75, 3.05) is 20.2 Å². The van der Waals surface area contributed by atoms with E-state index in [0.717, 1.165) is 22.2 Å². The Morgan fingerprint density at radius 1 is 1.33 bits per heavy atom. The lowest BCUT2D eigenvalue weighted by atomic mass is 10.1. The first-order valence-corrected chi connectivity index (χ1v) is 9.62. The zero-order chi connectivity index (χ0) is 19.4. The van der Waals surface area contributed by atoms with Crippen LogP contribution in [0.4, 0.5) is 0 Å². The fourth-order valence-corrected chi connectivity index (χ4v) is 3.75. The summed E-state index contributed by atoms with van der Waals surface area (Å²) in [6, 6.07) is 8.86. The highest BCUT2D eigenvalue weighted by molar-refractivity contribution is 9.10. The van der Waals surface area contributed by atoms with Gasteiger partial charge < -0.3 is 18.8 Å². The maximum atomic E-state index is 12.5. The highest BCUT2D eigenvalue weighted by Gasteiger charge is 2.27. The maximum Gasteiger partial charge on any atom is 0.339 e. The molecule has 0 bridgehead atoms. The number of rotatable bonds is 6. The molecule has 0 radical (unpaired) electrons. The summed E-state index contributed by atoms with van der Waals surface area (Å²) in [5, 5.41) is 0. The number of carbonyl (C=O) groups is 1. The smallest absolute Gasteiger partial charge is 0.339 e. The molecule has 1 fully saturated rings. The Morgan fingerprint density at radius 2 is 2.15 bits per heavy atom. The van der Waals surface area contributed by atoms with Gasteiger partial charge >= 0.3 is 5.63 Å². The Labute approximate surface area is 166 Å². The molecule has 3 rings (SSSR count). The second-order valence-corrected chi connectivity index (χ2v) is 7.41. The lowest BCUT2D eigenvalue weighted by Gasteiger charge is -2.17. The van der Waals surface area contributed by atoms with Gasteiger partial charge in [0.1, 0.15) is 23.4 Å². The van der Waals surface area contributed by atoms with Crippen molar-refractivity contribution in [1.82, 2.24) is 4.90 Å². The molecule has 2 aromatic rings. The van der Waals surface area contributed by atoms with Crippen molar-refractivity contribution < 1.29 is 18.7 Å². The molecule has 1 atom stereocenters. The molecule has 0 saturated carbocycles. The SMILES string of the molecule is COc1ccc(CCC(=O)N2CCC(Oc3cc(C)oc(=O)c3)C2)cc1Br. The molecule has 0 N–H and O–H groups in total. The van der Waals surface area contributed by atoms with E-state index in [-0.39, 0.29) is 12.0 Å². The van der Waals surface area contributed by atoms with Gasteiger partial charge in [-0.1, -0.05) is 6.07 Å². The van der Waals surface area contributed by atoms with Crippen LogP contribution in [0.5, 0.6) is 11.5 Å². The van der Waals surface area contributed by atoms with E-state index in [2.05, 4.69) is 15.9 Å². The average molecular weight is 436 g/mol. The lowest BCUT2D eigenvalue weighted by Crippen LogP contribution is -2.31. The van der Waals surface area contributed by atoms with Gasteiger partial charge in [0.2, 0.25) is 5.91 Å². The Kier molecular flexibility index (Phi) is 6.21. The first-order chi connectivity index (χ1) is 12.9. The zero-order valence-electron chi connectivity index (χ0n) is 15.4. The third-order valence-corrected chi connectivity index (χ3v) is 5.13. The molecule has 1 aromatic heterocycles. The number of halogens is 1. The predicted molar refractivity (Wildman–Crippen MR) is 104 cm³/mol. The van der Waals surface area contributed by atoms with Crippen LogP contribution in [-0.4, -0.2) is 37.1 Å². The van der Waals surface area contributed by atoms with Crippen LogP contribution in [0.25, 0.3) is 0 Å². The first kappa shape index (κ1) is 19.5. The molecule has 7 heteroatoms. The molecule has 144 valence electrons. The Balaban J connectivity index is 1.51. The van der Waals surface area contributed by atoms with Crippen molar-refractivity contribution in [2.45, 2.75) is 32.3 Å². The molecule has 1 aliphatic rings. The number of nitrogens with zero attached hydrogens (tertiary/aromatic N) is 1. The van der Waals surface area contributed by atoms with E-state index >= 15 is 0 Å². The quantitative estimate of drug-likeness (QED) is 0.695. The van der Waals surface area contributed by atoms with Crippen LogP contribution in [0, 0.1) is 6.92 Å². The second-order valence-electron chi connectivity index (χ2n) is 6.56. The molecular weight excluding hydrogens is 414 g/mol. The summed E-state index contributed by atoms with van der Waals surface area (Å²) < 4.78 is 16.9. The molecular formula is C20H22BrNO5. The number of likely N-dealkylation sites (tertiary alicyclic amines) is 1. The van der Waals surface area contributed by atoms with Crippen molar-refractivity contribution in [3.8, 4) is 11.5 Å². The number of hydrogen-bond acceptors (Lipinski definition) is 5. The summed E-state index contributed by atoms with van der Waals surface area (Å²) in [4.78, 5) is 25.7. The van der Waals surface area contributed by atoms with Gasteiger partial charge in [0, 0.05) is 25.5 Å². The summed E-state index contributed by atoms with van der Waals surface area (Å²) in [6.45, 7) is 2.90. The van der Waals surface area contributed by atoms with E-state index in [1.54, 1.807) is 20.1 Å². The molecule has 6 nitrogen and oxygen atoms in total.